The van der Waals surface area contributed by atoms with Crippen LogP contribution >= 0.6 is 0 Å². The number of nitrogens with zero attached hydrogens (tertiary/aromatic N) is 4. The van der Waals surface area contributed by atoms with E-state index in [1.54, 1.807) is 0 Å². The van der Waals surface area contributed by atoms with Gasteiger partial charge in [0.15, 0.2) is 0 Å². The fourth-order valence-corrected chi connectivity index (χ4v) is 5.87. The summed E-state index contributed by atoms with van der Waals surface area (Å²) in [5.41, 5.74) is 1.87. The molecule has 0 spiro atoms. The van der Waals surface area contributed by atoms with Crippen LogP contribution < -0.4 is 4.90 Å². The Labute approximate surface area is 195 Å². The first-order valence-corrected chi connectivity index (χ1v) is 12.4. The van der Waals surface area contributed by atoms with Gasteiger partial charge in [0.1, 0.15) is 12.1 Å². The highest BCUT2D eigenvalue weighted by atomic mass is 16.2. The third-order valence-corrected chi connectivity index (χ3v) is 8.42. The van der Waals surface area contributed by atoms with Crippen molar-refractivity contribution in [3.05, 3.63) is 59.8 Å². The second-order valence-corrected chi connectivity index (χ2v) is 10.3. The van der Waals surface area contributed by atoms with Gasteiger partial charge in [-0.3, -0.25) is 9.69 Å². The number of anilines is 1. The van der Waals surface area contributed by atoms with E-state index in [1.165, 1.54) is 5.56 Å². The minimum absolute atomic E-state index is 0.169. The van der Waals surface area contributed by atoms with E-state index in [2.05, 4.69) is 51.1 Å². The zero-order valence-corrected chi connectivity index (χ0v) is 19.2. The number of pyridine rings is 1. The number of aromatic nitrogens is 1. The molecule has 1 unspecified atom stereocenters. The van der Waals surface area contributed by atoms with Gasteiger partial charge >= 0.3 is 0 Å². The van der Waals surface area contributed by atoms with Crippen LogP contribution in [0.4, 0.5) is 5.82 Å². The Hall–Kier alpha value is -2.73. The van der Waals surface area contributed by atoms with E-state index in [0.29, 0.717) is 5.92 Å². The summed E-state index contributed by atoms with van der Waals surface area (Å²) >= 11 is 0. The summed E-state index contributed by atoms with van der Waals surface area (Å²) in [6.45, 7) is 5.26. The number of likely N-dealkylation sites (tertiary alicyclic amines) is 1. The minimum atomic E-state index is -0.363. The summed E-state index contributed by atoms with van der Waals surface area (Å²) in [6.07, 6.45) is 7.97. The molecule has 0 bridgehead atoms. The van der Waals surface area contributed by atoms with Crippen molar-refractivity contribution in [2.24, 2.45) is 0 Å². The summed E-state index contributed by atoms with van der Waals surface area (Å²) < 4.78 is 0. The van der Waals surface area contributed by atoms with Gasteiger partial charge < -0.3 is 14.6 Å². The summed E-state index contributed by atoms with van der Waals surface area (Å²) in [5, 5.41) is 0. The standard InChI is InChI=1S/C27H32N4O2/c32-20-26(9-10-26)31-16-14-29(15-17-31)24-7-6-23(18-28-24)27(11-12-27)25(33)30-13-8-22(19-30)21-4-2-1-3-5-21/h1-7,18,20,22H,8-17,19H2. The number of benzene rings is 1. The van der Waals surface area contributed by atoms with E-state index in [9.17, 15) is 9.59 Å². The van der Waals surface area contributed by atoms with Gasteiger partial charge in [0.25, 0.3) is 0 Å². The van der Waals surface area contributed by atoms with E-state index in [-0.39, 0.29) is 16.9 Å². The SMILES string of the molecule is O=CC1(N2CCN(c3ccc(C4(C(=O)N5CCC(c6ccccc6)C5)CC4)cn3)CC2)CC1. The van der Waals surface area contributed by atoms with Gasteiger partial charge in [-0.2, -0.15) is 0 Å². The van der Waals surface area contributed by atoms with Crippen molar-refractivity contribution in [1.82, 2.24) is 14.8 Å². The van der Waals surface area contributed by atoms with Crippen LogP contribution in [-0.4, -0.2) is 71.8 Å². The summed E-state index contributed by atoms with van der Waals surface area (Å²) in [5.74, 6) is 1.70. The average Bonchev–Trinajstić information content (AvgIpc) is 3.81. The highest BCUT2D eigenvalue weighted by molar-refractivity contribution is 5.91. The molecule has 2 aromatic rings. The van der Waals surface area contributed by atoms with Crippen molar-refractivity contribution >= 4 is 18.0 Å². The molecule has 33 heavy (non-hydrogen) atoms. The Morgan fingerprint density at radius 3 is 2.30 bits per heavy atom. The van der Waals surface area contributed by atoms with Gasteiger partial charge in [0.05, 0.1) is 11.0 Å². The lowest BCUT2D eigenvalue weighted by atomic mass is 9.95. The fourth-order valence-electron chi connectivity index (χ4n) is 5.87. The number of amides is 1. The van der Waals surface area contributed by atoms with Crippen LogP contribution in [0.15, 0.2) is 48.7 Å². The lowest BCUT2D eigenvalue weighted by molar-refractivity contribution is -0.133. The molecule has 172 valence electrons. The summed E-state index contributed by atoms with van der Waals surface area (Å²) in [4.78, 5) is 36.4. The van der Waals surface area contributed by atoms with Crippen LogP contribution in [-0.2, 0) is 15.0 Å². The molecule has 6 nitrogen and oxygen atoms in total. The molecule has 0 N–H and O–H groups in total. The molecule has 4 aliphatic rings. The van der Waals surface area contributed by atoms with Crippen molar-refractivity contribution in [3.8, 4) is 0 Å². The zero-order chi connectivity index (χ0) is 22.5. The largest absolute Gasteiger partial charge is 0.354 e. The molecule has 1 aromatic carbocycles. The first kappa shape index (κ1) is 20.8. The van der Waals surface area contributed by atoms with E-state index in [0.717, 1.165) is 89.0 Å². The zero-order valence-electron chi connectivity index (χ0n) is 19.2. The molecule has 1 amide bonds. The predicted molar refractivity (Wildman–Crippen MR) is 127 cm³/mol. The monoisotopic (exact) mass is 444 g/mol. The fraction of sp³-hybridized carbons (Fsp3) is 0.519. The third-order valence-electron chi connectivity index (χ3n) is 8.42. The maximum atomic E-state index is 13.5. The maximum absolute atomic E-state index is 13.5. The molecule has 1 atom stereocenters. The minimum Gasteiger partial charge on any atom is -0.354 e. The second-order valence-electron chi connectivity index (χ2n) is 10.3. The van der Waals surface area contributed by atoms with Crippen LogP contribution in [0, 0.1) is 0 Å². The third kappa shape index (κ3) is 3.65. The van der Waals surface area contributed by atoms with Crippen molar-refractivity contribution in [2.75, 3.05) is 44.2 Å². The number of rotatable bonds is 6. The van der Waals surface area contributed by atoms with Crippen molar-refractivity contribution in [2.45, 2.75) is 49.0 Å². The molecule has 2 saturated heterocycles. The first-order chi connectivity index (χ1) is 16.1. The van der Waals surface area contributed by atoms with Gasteiger partial charge in [-0.15, -0.1) is 0 Å². The van der Waals surface area contributed by atoms with E-state index in [4.69, 9.17) is 4.98 Å². The number of piperazine rings is 1. The summed E-state index contributed by atoms with van der Waals surface area (Å²) in [6, 6.07) is 14.8. The Morgan fingerprint density at radius 1 is 0.939 bits per heavy atom. The first-order valence-electron chi connectivity index (χ1n) is 12.4. The molecule has 1 aromatic heterocycles. The second kappa shape index (κ2) is 7.94. The topological polar surface area (TPSA) is 56.8 Å². The van der Waals surface area contributed by atoms with E-state index >= 15 is 0 Å². The highest BCUT2D eigenvalue weighted by Gasteiger charge is 2.54. The number of hydrogen-bond donors (Lipinski definition) is 0. The van der Waals surface area contributed by atoms with Crippen LogP contribution in [0.5, 0.6) is 0 Å². The molecule has 4 fully saturated rings. The van der Waals surface area contributed by atoms with Gasteiger partial charge in [-0.05, 0) is 49.3 Å². The van der Waals surface area contributed by atoms with Crippen LogP contribution in [0.1, 0.15) is 49.1 Å². The predicted octanol–water partition coefficient (Wildman–Crippen LogP) is 2.98. The molecule has 0 radical (unpaired) electrons. The lowest BCUT2D eigenvalue weighted by Gasteiger charge is -2.38. The molecule has 2 aliphatic heterocycles. The average molecular weight is 445 g/mol. The van der Waals surface area contributed by atoms with Gasteiger partial charge in [0, 0.05) is 51.4 Å². The van der Waals surface area contributed by atoms with Crippen LogP contribution in [0.25, 0.3) is 0 Å². The molecule has 6 rings (SSSR count). The van der Waals surface area contributed by atoms with E-state index < -0.39 is 0 Å². The Morgan fingerprint density at radius 2 is 1.70 bits per heavy atom. The molecule has 6 heteroatoms. The smallest absolute Gasteiger partial charge is 0.233 e. The van der Waals surface area contributed by atoms with Crippen LogP contribution in [0.3, 0.4) is 0 Å². The quantitative estimate of drug-likeness (QED) is 0.641. The Kier molecular flexibility index (Phi) is 5.02. The Bertz CT molecular complexity index is 1020. The Balaban J connectivity index is 1.10. The number of hydrogen-bond acceptors (Lipinski definition) is 5. The molecule has 2 aliphatic carbocycles. The van der Waals surface area contributed by atoms with Crippen molar-refractivity contribution in [3.63, 3.8) is 0 Å². The van der Waals surface area contributed by atoms with Crippen LogP contribution in [0.2, 0.25) is 0 Å². The maximum Gasteiger partial charge on any atom is 0.233 e. The molecule has 2 saturated carbocycles. The van der Waals surface area contributed by atoms with E-state index in [1.807, 2.05) is 12.3 Å². The van der Waals surface area contributed by atoms with Crippen molar-refractivity contribution in [1.29, 1.82) is 0 Å². The van der Waals surface area contributed by atoms with Crippen molar-refractivity contribution < 1.29 is 9.59 Å². The number of carbonyl (C=O) groups excluding carboxylic acids is 2. The molecular formula is C27H32N4O2. The van der Waals surface area contributed by atoms with Gasteiger partial charge in [0.2, 0.25) is 5.91 Å². The normalized spacial score (nSPS) is 25.6. The molecular weight excluding hydrogens is 412 g/mol. The van der Waals surface area contributed by atoms with Gasteiger partial charge in [-0.25, -0.2) is 4.98 Å². The lowest BCUT2D eigenvalue weighted by Crippen LogP contribution is -2.52. The molecule has 3 heterocycles. The number of carbonyl (C=O) groups is 2. The summed E-state index contributed by atoms with van der Waals surface area (Å²) in [7, 11) is 0. The highest BCUT2D eigenvalue weighted by Crippen LogP contribution is 2.50. The number of aldehydes is 1. The van der Waals surface area contributed by atoms with Gasteiger partial charge in [-0.1, -0.05) is 36.4 Å².